The molecule has 0 bridgehead atoms. The molecular formula is C17H13BrN2O2. The van der Waals surface area contributed by atoms with Crippen LogP contribution in [0, 0.1) is 0 Å². The van der Waals surface area contributed by atoms with Crippen LogP contribution in [0.2, 0.25) is 0 Å². The van der Waals surface area contributed by atoms with Crippen molar-refractivity contribution < 1.29 is 9.90 Å². The van der Waals surface area contributed by atoms with Gasteiger partial charge < -0.3 is 5.11 Å². The highest BCUT2D eigenvalue weighted by atomic mass is 79.9. The number of aliphatic carboxylic acids is 1. The maximum absolute atomic E-state index is 11.2. The molecule has 1 aromatic heterocycles. The standard InChI is InChI=1S/C17H13BrN2O2/c18-17-14(11-15(21)22)16(12-7-3-1-4-8-12)19-20(17)13-9-5-2-6-10-13/h1-10H,11H2,(H,21,22). The van der Waals surface area contributed by atoms with Crippen LogP contribution < -0.4 is 0 Å². The molecule has 0 fully saturated rings. The zero-order valence-corrected chi connectivity index (χ0v) is 13.2. The largest absolute Gasteiger partial charge is 0.481 e. The quantitative estimate of drug-likeness (QED) is 0.770. The van der Waals surface area contributed by atoms with E-state index >= 15 is 0 Å². The molecule has 0 amide bonds. The molecule has 2 aromatic carbocycles. The first kappa shape index (κ1) is 14.5. The summed E-state index contributed by atoms with van der Waals surface area (Å²) in [5.74, 6) is -0.884. The Bertz CT molecular complexity index is 798. The summed E-state index contributed by atoms with van der Waals surface area (Å²) < 4.78 is 2.39. The summed E-state index contributed by atoms with van der Waals surface area (Å²) in [5, 5.41) is 13.8. The molecule has 0 radical (unpaired) electrons. The fraction of sp³-hybridized carbons (Fsp3) is 0.0588. The summed E-state index contributed by atoms with van der Waals surface area (Å²) in [4.78, 5) is 11.2. The van der Waals surface area contributed by atoms with E-state index in [-0.39, 0.29) is 6.42 Å². The minimum absolute atomic E-state index is 0.0857. The van der Waals surface area contributed by atoms with Crippen LogP contribution in [-0.2, 0) is 11.2 Å². The van der Waals surface area contributed by atoms with E-state index in [0.29, 0.717) is 15.9 Å². The number of hydrogen-bond acceptors (Lipinski definition) is 2. The van der Waals surface area contributed by atoms with E-state index in [2.05, 4.69) is 21.0 Å². The normalized spacial score (nSPS) is 10.6. The Morgan fingerprint density at radius 3 is 2.23 bits per heavy atom. The van der Waals surface area contributed by atoms with E-state index in [9.17, 15) is 9.90 Å². The lowest BCUT2D eigenvalue weighted by atomic mass is 10.1. The maximum atomic E-state index is 11.2. The molecule has 0 aliphatic rings. The number of carboxylic acids is 1. The SMILES string of the molecule is O=C(O)Cc1c(-c2ccccc2)nn(-c2ccccc2)c1Br. The number of nitrogens with zero attached hydrogens (tertiary/aromatic N) is 2. The van der Waals surface area contributed by atoms with Gasteiger partial charge in [0.15, 0.2) is 0 Å². The van der Waals surface area contributed by atoms with Crippen LogP contribution in [0.4, 0.5) is 0 Å². The van der Waals surface area contributed by atoms with Crippen molar-refractivity contribution in [2.45, 2.75) is 6.42 Å². The van der Waals surface area contributed by atoms with Crippen molar-refractivity contribution >= 4 is 21.9 Å². The number of para-hydroxylation sites is 1. The van der Waals surface area contributed by atoms with Crippen molar-refractivity contribution in [2.24, 2.45) is 0 Å². The average molecular weight is 357 g/mol. The predicted molar refractivity (Wildman–Crippen MR) is 88.0 cm³/mol. The zero-order chi connectivity index (χ0) is 15.5. The molecule has 0 saturated heterocycles. The average Bonchev–Trinajstić information content (AvgIpc) is 2.86. The lowest BCUT2D eigenvalue weighted by Gasteiger charge is -2.02. The van der Waals surface area contributed by atoms with E-state index in [1.54, 1.807) is 4.68 Å². The second-order valence-electron chi connectivity index (χ2n) is 4.80. The van der Waals surface area contributed by atoms with E-state index < -0.39 is 5.97 Å². The molecule has 110 valence electrons. The molecule has 3 aromatic rings. The third-order valence-corrected chi connectivity index (χ3v) is 4.11. The molecule has 22 heavy (non-hydrogen) atoms. The topological polar surface area (TPSA) is 55.1 Å². The van der Waals surface area contributed by atoms with E-state index in [1.807, 2.05) is 60.7 Å². The van der Waals surface area contributed by atoms with Gasteiger partial charge in [0.2, 0.25) is 0 Å². The molecule has 0 unspecified atom stereocenters. The van der Waals surface area contributed by atoms with Crippen LogP contribution in [0.5, 0.6) is 0 Å². The van der Waals surface area contributed by atoms with Crippen molar-refractivity contribution in [1.29, 1.82) is 0 Å². The second-order valence-corrected chi connectivity index (χ2v) is 5.55. The third kappa shape index (κ3) is 2.80. The Morgan fingerprint density at radius 2 is 1.64 bits per heavy atom. The first-order valence-corrected chi connectivity index (χ1v) is 7.56. The number of aromatic nitrogens is 2. The van der Waals surface area contributed by atoms with Gasteiger partial charge >= 0.3 is 5.97 Å². The zero-order valence-electron chi connectivity index (χ0n) is 11.6. The minimum atomic E-state index is -0.884. The number of carbonyl (C=O) groups is 1. The van der Waals surface area contributed by atoms with Gasteiger partial charge in [-0.05, 0) is 28.1 Å². The van der Waals surface area contributed by atoms with Crippen LogP contribution in [0.25, 0.3) is 16.9 Å². The van der Waals surface area contributed by atoms with E-state index in [0.717, 1.165) is 11.3 Å². The Labute approximate surface area is 136 Å². The van der Waals surface area contributed by atoms with Crippen molar-refractivity contribution in [3.63, 3.8) is 0 Å². The summed E-state index contributed by atoms with van der Waals surface area (Å²) in [6, 6.07) is 19.2. The van der Waals surface area contributed by atoms with Gasteiger partial charge in [-0.15, -0.1) is 0 Å². The molecule has 0 aliphatic carbocycles. The van der Waals surface area contributed by atoms with Crippen LogP contribution in [-0.4, -0.2) is 20.9 Å². The highest BCUT2D eigenvalue weighted by molar-refractivity contribution is 9.10. The van der Waals surface area contributed by atoms with Gasteiger partial charge in [0.25, 0.3) is 0 Å². The third-order valence-electron chi connectivity index (χ3n) is 3.30. The highest BCUT2D eigenvalue weighted by Crippen LogP contribution is 2.31. The number of carboxylic acid groups (broad SMARTS) is 1. The van der Waals surface area contributed by atoms with Gasteiger partial charge in [0, 0.05) is 11.1 Å². The molecule has 0 spiro atoms. The van der Waals surface area contributed by atoms with Gasteiger partial charge in [-0.3, -0.25) is 4.79 Å². The van der Waals surface area contributed by atoms with Crippen molar-refractivity contribution in [2.75, 3.05) is 0 Å². The summed E-state index contributed by atoms with van der Waals surface area (Å²) in [6.45, 7) is 0. The predicted octanol–water partition coefficient (Wildman–Crippen LogP) is 3.93. The van der Waals surface area contributed by atoms with E-state index in [4.69, 9.17) is 0 Å². The first-order valence-electron chi connectivity index (χ1n) is 6.77. The molecule has 3 rings (SSSR count). The number of rotatable bonds is 4. The van der Waals surface area contributed by atoms with Gasteiger partial charge in [0.1, 0.15) is 4.60 Å². The lowest BCUT2D eigenvalue weighted by Crippen LogP contribution is -2.01. The van der Waals surface area contributed by atoms with E-state index in [1.165, 1.54) is 0 Å². The Balaban J connectivity index is 2.19. The molecule has 5 heteroatoms. The Morgan fingerprint density at radius 1 is 1.05 bits per heavy atom. The maximum Gasteiger partial charge on any atom is 0.308 e. The molecule has 1 N–H and O–H groups in total. The highest BCUT2D eigenvalue weighted by Gasteiger charge is 2.20. The molecule has 4 nitrogen and oxygen atoms in total. The smallest absolute Gasteiger partial charge is 0.308 e. The van der Waals surface area contributed by atoms with Crippen molar-refractivity contribution in [1.82, 2.24) is 9.78 Å². The van der Waals surface area contributed by atoms with Gasteiger partial charge in [-0.1, -0.05) is 48.5 Å². The van der Waals surface area contributed by atoms with Gasteiger partial charge in [0.05, 0.1) is 17.8 Å². The first-order chi connectivity index (χ1) is 10.7. The number of hydrogen-bond donors (Lipinski definition) is 1. The summed E-state index contributed by atoms with van der Waals surface area (Å²) >= 11 is 3.50. The number of benzene rings is 2. The van der Waals surface area contributed by atoms with Crippen molar-refractivity contribution in [3.8, 4) is 16.9 Å². The fourth-order valence-electron chi connectivity index (χ4n) is 2.31. The van der Waals surface area contributed by atoms with Crippen LogP contribution >= 0.6 is 15.9 Å². The minimum Gasteiger partial charge on any atom is -0.481 e. The molecule has 0 aliphatic heterocycles. The van der Waals surface area contributed by atoms with Crippen molar-refractivity contribution in [3.05, 3.63) is 70.8 Å². The van der Waals surface area contributed by atoms with Gasteiger partial charge in [-0.25, -0.2) is 4.68 Å². The monoisotopic (exact) mass is 356 g/mol. The molecule has 0 saturated carbocycles. The fourth-order valence-corrected chi connectivity index (χ4v) is 2.92. The van der Waals surface area contributed by atoms with Crippen LogP contribution in [0.1, 0.15) is 5.56 Å². The summed E-state index contributed by atoms with van der Waals surface area (Å²) in [5.41, 5.74) is 3.12. The van der Waals surface area contributed by atoms with Crippen LogP contribution in [0.15, 0.2) is 65.3 Å². The Kier molecular flexibility index (Phi) is 4.06. The Hall–Kier alpha value is -2.40. The lowest BCUT2D eigenvalue weighted by molar-refractivity contribution is -0.136. The van der Waals surface area contributed by atoms with Crippen LogP contribution in [0.3, 0.4) is 0 Å². The summed E-state index contributed by atoms with van der Waals surface area (Å²) in [6.07, 6.45) is -0.0857. The molecule has 0 atom stereocenters. The van der Waals surface area contributed by atoms with Gasteiger partial charge in [-0.2, -0.15) is 5.10 Å². The molecule has 1 heterocycles. The second kappa shape index (κ2) is 6.15. The molecular weight excluding hydrogens is 344 g/mol. The number of halogens is 1. The summed E-state index contributed by atoms with van der Waals surface area (Å²) in [7, 11) is 0.